The summed E-state index contributed by atoms with van der Waals surface area (Å²) in [6.07, 6.45) is 3.46. The predicted molar refractivity (Wildman–Crippen MR) is 52.7 cm³/mol. The molecule has 2 N–H and O–H groups in total. The van der Waals surface area contributed by atoms with E-state index in [2.05, 4.69) is 9.97 Å². The van der Waals surface area contributed by atoms with Crippen LogP contribution in [-0.4, -0.2) is 31.4 Å². The lowest BCUT2D eigenvalue weighted by molar-refractivity contribution is -0.119. The van der Waals surface area contributed by atoms with Crippen molar-refractivity contribution in [1.29, 1.82) is 0 Å². The summed E-state index contributed by atoms with van der Waals surface area (Å²) < 4.78 is 0. The highest BCUT2D eigenvalue weighted by atomic mass is 16.4. The van der Waals surface area contributed by atoms with E-state index in [0.29, 0.717) is 5.82 Å². The first kappa shape index (κ1) is 11.1. The molecule has 78 valence electrons. The quantitative estimate of drug-likeness (QED) is 0.740. The van der Waals surface area contributed by atoms with E-state index in [1.807, 2.05) is 0 Å². The van der Waals surface area contributed by atoms with Crippen LogP contribution in [0.5, 0.6) is 0 Å². The van der Waals surface area contributed by atoms with Crippen LogP contribution < -0.4 is 0 Å². The first-order chi connectivity index (χ1) is 6.33. The highest BCUT2D eigenvalue weighted by Gasteiger charge is 2.38. The average Bonchev–Trinajstić information content (AvgIpc) is 2.03. The van der Waals surface area contributed by atoms with E-state index in [-0.39, 0.29) is 6.42 Å². The van der Waals surface area contributed by atoms with Gasteiger partial charge in [0.1, 0.15) is 5.82 Å². The molecule has 0 aliphatic carbocycles. The van der Waals surface area contributed by atoms with Crippen molar-refractivity contribution in [1.82, 2.24) is 9.97 Å². The molecule has 4 heteroatoms. The number of hydrogen-bond acceptors (Lipinski definition) is 4. The van der Waals surface area contributed by atoms with Crippen LogP contribution in [0.3, 0.4) is 0 Å². The van der Waals surface area contributed by atoms with Gasteiger partial charge in [-0.25, -0.2) is 9.97 Å². The molecule has 14 heavy (non-hydrogen) atoms. The van der Waals surface area contributed by atoms with E-state index in [9.17, 15) is 10.2 Å². The highest BCUT2D eigenvalue weighted by Crippen LogP contribution is 2.23. The molecule has 0 aliphatic rings. The SMILES string of the molecule is CC(C)(O)C(C)(O)Cc1ncccn1. The third-order valence-electron chi connectivity index (χ3n) is 2.44. The van der Waals surface area contributed by atoms with Gasteiger partial charge in [-0.1, -0.05) is 0 Å². The first-order valence-electron chi connectivity index (χ1n) is 4.53. The molecule has 0 bridgehead atoms. The minimum atomic E-state index is -1.23. The third kappa shape index (κ3) is 2.49. The molecule has 1 aromatic heterocycles. The van der Waals surface area contributed by atoms with Gasteiger partial charge in [-0.2, -0.15) is 0 Å². The molecule has 0 saturated carbocycles. The summed E-state index contributed by atoms with van der Waals surface area (Å²) in [4.78, 5) is 7.99. The molecule has 1 aromatic rings. The van der Waals surface area contributed by atoms with E-state index in [1.54, 1.807) is 39.2 Å². The molecular formula is C10H16N2O2. The molecule has 0 amide bonds. The topological polar surface area (TPSA) is 66.2 Å². The van der Waals surface area contributed by atoms with E-state index >= 15 is 0 Å². The van der Waals surface area contributed by atoms with Crippen LogP contribution in [0.2, 0.25) is 0 Å². The minimum Gasteiger partial charge on any atom is -0.387 e. The van der Waals surface area contributed by atoms with Gasteiger partial charge in [-0.3, -0.25) is 0 Å². The van der Waals surface area contributed by atoms with Gasteiger partial charge in [0, 0.05) is 18.8 Å². The van der Waals surface area contributed by atoms with E-state index < -0.39 is 11.2 Å². The molecule has 1 heterocycles. The molecule has 1 atom stereocenters. The highest BCUT2D eigenvalue weighted by molar-refractivity contribution is 5.00. The number of aliphatic hydroxyl groups is 2. The molecule has 0 saturated heterocycles. The molecule has 0 aliphatic heterocycles. The molecule has 1 rings (SSSR count). The number of hydrogen-bond donors (Lipinski definition) is 2. The Bertz CT molecular complexity index is 291. The predicted octanol–water partition coefficient (Wildman–Crippen LogP) is 0.541. The van der Waals surface area contributed by atoms with Crippen LogP contribution in [0.15, 0.2) is 18.5 Å². The van der Waals surface area contributed by atoms with Crippen molar-refractivity contribution in [3.05, 3.63) is 24.3 Å². The Labute approximate surface area is 83.6 Å². The zero-order chi connectivity index (χ0) is 10.8. The zero-order valence-corrected chi connectivity index (χ0v) is 8.73. The van der Waals surface area contributed by atoms with E-state index in [1.165, 1.54) is 0 Å². The minimum absolute atomic E-state index is 0.233. The van der Waals surface area contributed by atoms with Crippen LogP contribution in [0.4, 0.5) is 0 Å². The van der Waals surface area contributed by atoms with Gasteiger partial charge in [0.15, 0.2) is 0 Å². The van der Waals surface area contributed by atoms with Crippen molar-refractivity contribution >= 4 is 0 Å². The Morgan fingerprint density at radius 3 is 2.07 bits per heavy atom. The molecule has 0 spiro atoms. The summed E-state index contributed by atoms with van der Waals surface area (Å²) in [6, 6.07) is 1.71. The smallest absolute Gasteiger partial charge is 0.131 e. The summed E-state index contributed by atoms with van der Waals surface area (Å²) in [7, 11) is 0. The number of rotatable bonds is 3. The number of aromatic nitrogens is 2. The molecular weight excluding hydrogens is 180 g/mol. The second-order valence-corrected chi connectivity index (χ2v) is 4.17. The Hall–Kier alpha value is -1.00. The van der Waals surface area contributed by atoms with Gasteiger partial charge in [0.2, 0.25) is 0 Å². The van der Waals surface area contributed by atoms with Crippen LogP contribution >= 0.6 is 0 Å². The zero-order valence-electron chi connectivity index (χ0n) is 8.73. The van der Waals surface area contributed by atoms with Gasteiger partial charge in [-0.05, 0) is 26.8 Å². The summed E-state index contributed by atoms with van der Waals surface area (Å²) in [5, 5.41) is 19.7. The van der Waals surface area contributed by atoms with Gasteiger partial charge in [-0.15, -0.1) is 0 Å². The fourth-order valence-electron chi connectivity index (χ4n) is 0.945. The van der Waals surface area contributed by atoms with Gasteiger partial charge < -0.3 is 10.2 Å². The van der Waals surface area contributed by atoms with E-state index in [0.717, 1.165) is 0 Å². The fourth-order valence-corrected chi connectivity index (χ4v) is 0.945. The summed E-state index contributed by atoms with van der Waals surface area (Å²) in [5.41, 5.74) is -2.40. The first-order valence-corrected chi connectivity index (χ1v) is 4.53. The maximum absolute atomic E-state index is 9.97. The largest absolute Gasteiger partial charge is 0.387 e. The summed E-state index contributed by atoms with van der Waals surface area (Å²) in [6.45, 7) is 4.70. The van der Waals surface area contributed by atoms with Crippen molar-refractivity contribution in [2.75, 3.05) is 0 Å². The Balaban J connectivity index is 2.79. The Kier molecular flexibility index (Phi) is 2.87. The van der Waals surface area contributed by atoms with Crippen LogP contribution in [0, 0.1) is 0 Å². The van der Waals surface area contributed by atoms with Crippen LogP contribution in [-0.2, 0) is 6.42 Å². The Morgan fingerprint density at radius 1 is 1.14 bits per heavy atom. The van der Waals surface area contributed by atoms with Gasteiger partial charge in [0.25, 0.3) is 0 Å². The van der Waals surface area contributed by atoms with Gasteiger partial charge in [0.05, 0.1) is 11.2 Å². The third-order valence-corrected chi connectivity index (χ3v) is 2.44. The Morgan fingerprint density at radius 2 is 1.64 bits per heavy atom. The molecule has 0 radical (unpaired) electrons. The maximum Gasteiger partial charge on any atom is 0.131 e. The normalized spacial score (nSPS) is 16.4. The molecule has 0 aromatic carbocycles. The van der Waals surface area contributed by atoms with Crippen molar-refractivity contribution in [2.24, 2.45) is 0 Å². The van der Waals surface area contributed by atoms with Crippen molar-refractivity contribution in [3.8, 4) is 0 Å². The second-order valence-electron chi connectivity index (χ2n) is 4.17. The average molecular weight is 196 g/mol. The second kappa shape index (κ2) is 3.63. The van der Waals surface area contributed by atoms with Gasteiger partial charge >= 0.3 is 0 Å². The lowest BCUT2D eigenvalue weighted by Gasteiger charge is -2.34. The lowest BCUT2D eigenvalue weighted by Crippen LogP contribution is -2.49. The lowest BCUT2D eigenvalue weighted by atomic mass is 9.84. The van der Waals surface area contributed by atoms with Crippen molar-refractivity contribution in [2.45, 2.75) is 38.4 Å². The molecule has 4 nitrogen and oxygen atoms in total. The molecule has 1 unspecified atom stereocenters. The number of nitrogens with zero attached hydrogens (tertiary/aromatic N) is 2. The van der Waals surface area contributed by atoms with Crippen molar-refractivity contribution in [3.63, 3.8) is 0 Å². The van der Waals surface area contributed by atoms with Crippen LogP contribution in [0.1, 0.15) is 26.6 Å². The fraction of sp³-hybridized carbons (Fsp3) is 0.600. The monoisotopic (exact) mass is 196 g/mol. The summed E-state index contributed by atoms with van der Waals surface area (Å²) in [5.74, 6) is 0.527. The van der Waals surface area contributed by atoms with Crippen molar-refractivity contribution < 1.29 is 10.2 Å². The van der Waals surface area contributed by atoms with Crippen LogP contribution in [0.25, 0.3) is 0 Å². The summed E-state index contributed by atoms with van der Waals surface area (Å²) >= 11 is 0. The maximum atomic E-state index is 9.97. The standard InChI is InChI=1S/C10H16N2O2/c1-9(2,13)10(3,14)7-8-11-5-4-6-12-8/h4-6,13-14H,7H2,1-3H3. The van der Waals surface area contributed by atoms with E-state index in [4.69, 9.17) is 0 Å². The molecule has 0 fully saturated rings.